The zero-order valence-electron chi connectivity index (χ0n) is 12.9. The Bertz CT molecular complexity index is 688. The van der Waals surface area contributed by atoms with Crippen LogP contribution in [0.3, 0.4) is 0 Å². The van der Waals surface area contributed by atoms with Gasteiger partial charge in [-0.2, -0.15) is 0 Å². The molecule has 0 saturated carbocycles. The summed E-state index contributed by atoms with van der Waals surface area (Å²) in [6.45, 7) is 6.49. The van der Waals surface area contributed by atoms with E-state index in [9.17, 15) is 9.59 Å². The van der Waals surface area contributed by atoms with Gasteiger partial charge >= 0.3 is 0 Å². The number of likely N-dealkylation sites (N-methyl/N-ethyl adjacent to an activating group) is 2. The maximum atomic E-state index is 12.5. The first-order chi connectivity index (χ1) is 9.97. The van der Waals surface area contributed by atoms with Gasteiger partial charge in [-0.05, 0) is 44.5 Å². The van der Waals surface area contributed by atoms with Crippen LogP contribution in [0.4, 0.5) is 0 Å². The number of aromatic amines is 1. The smallest absolute Gasteiger partial charge is 0.254 e. The number of benzene rings is 1. The first kappa shape index (κ1) is 15.1. The fraction of sp³-hybridized carbons (Fsp3) is 0.375. The van der Waals surface area contributed by atoms with Crippen molar-refractivity contribution in [3.63, 3.8) is 0 Å². The van der Waals surface area contributed by atoms with Crippen molar-refractivity contribution in [3.05, 3.63) is 35.0 Å². The van der Waals surface area contributed by atoms with Gasteiger partial charge in [0.2, 0.25) is 5.91 Å². The van der Waals surface area contributed by atoms with Crippen LogP contribution in [-0.4, -0.2) is 41.8 Å². The van der Waals surface area contributed by atoms with E-state index in [1.54, 1.807) is 13.1 Å². The molecule has 0 radical (unpaired) electrons. The Morgan fingerprint density at radius 3 is 2.62 bits per heavy atom. The molecule has 2 aromatic rings. The zero-order valence-corrected chi connectivity index (χ0v) is 12.9. The van der Waals surface area contributed by atoms with Crippen molar-refractivity contribution in [3.8, 4) is 0 Å². The summed E-state index contributed by atoms with van der Waals surface area (Å²) in [5, 5.41) is 3.59. The maximum Gasteiger partial charge on any atom is 0.254 e. The van der Waals surface area contributed by atoms with Gasteiger partial charge < -0.3 is 15.2 Å². The zero-order chi connectivity index (χ0) is 15.6. The second kappa shape index (κ2) is 5.99. The topological polar surface area (TPSA) is 65.2 Å². The summed E-state index contributed by atoms with van der Waals surface area (Å²) in [6, 6.07) is 5.60. The van der Waals surface area contributed by atoms with Crippen LogP contribution in [0.15, 0.2) is 18.2 Å². The van der Waals surface area contributed by atoms with Crippen molar-refractivity contribution in [2.45, 2.75) is 20.8 Å². The summed E-state index contributed by atoms with van der Waals surface area (Å²) in [7, 11) is 1.57. The van der Waals surface area contributed by atoms with E-state index in [2.05, 4.69) is 10.3 Å². The van der Waals surface area contributed by atoms with Gasteiger partial charge in [0.05, 0.1) is 6.54 Å². The quantitative estimate of drug-likeness (QED) is 0.903. The predicted octanol–water partition coefficient (Wildman–Crippen LogP) is 1.99. The van der Waals surface area contributed by atoms with Crippen molar-refractivity contribution >= 4 is 22.7 Å². The Labute approximate surface area is 124 Å². The number of aryl methyl sites for hydroxylation is 2. The monoisotopic (exact) mass is 287 g/mol. The first-order valence-corrected chi connectivity index (χ1v) is 7.06. The van der Waals surface area contributed by atoms with Crippen LogP contribution < -0.4 is 5.32 Å². The van der Waals surface area contributed by atoms with Crippen molar-refractivity contribution in [1.82, 2.24) is 15.2 Å². The van der Waals surface area contributed by atoms with Crippen LogP contribution in [0.25, 0.3) is 10.9 Å². The van der Waals surface area contributed by atoms with E-state index in [-0.39, 0.29) is 18.4 Å². The third kappa shape index (κ3) is 2.91. The van der Waals surface area contributed by atoms with Gasteiger partial charge in [-0.15, -0.1) is 0 Å². The molecule has 21 heavy (non-hydrogen) atoms. The molecule has 0 atom stereocenters. The number of hydrogen-bond donors (Lipinski definition) is 2. The molecular weight excluding hydrogens is 266 g/mol. The van der Waals surface area contributed by atoms with Crippen molar-refractivity contribution in [1.29, 1.82) is 0 Å². The Hall–Kier alpha value is -2.30. The molecule has 0 aliphatic heterocycles. The number of H-pyrrole nitrogens is 1. The number of amides is 2. The molecule has 2 amide bonds. The van der Waals surface area contributed by atoms with Crippen molar-refractivity contribution in [2.24, 2.45) is 0 Å². The second-order valence-electron chi connectivity index (χ2n) is 5.13. The van der Waals surface area contributed by atoms with Gasteiger partial charge in [-0.25, -0.2) is 0 Å². The molecular formula is C16H21N3O2. The molecule has 1 aromatic heterocycles. The minimum atomic E-state index is -0.167. The maximum absolute atomic E-state index is 12.5. The van der Waals surface area contributed by atoms with Crippen LogP contribution in [0.5, 0.6) is 0 Å². The summed E-state index contributed by atoms with van der Waals surface area (Å²) >= 11 is 0. The van der Waals surface area contributed by atoms with Crippen LogP contribution in [0.1, 0.15) is 28.5 Å². The summed E-state index contributed by atoms with van der Waals surface area (Å²) in [5.41, 5.74) is 3.88. The van der Waals surface area contributed by atoms with Gasteiger partial charge in [-0.1, -0.05) is 0 Å². The van der Waals surface area contributed by atoms with E-state index in [0.29, 0.717) is 12.1 Å². The van der Waals surface area contributed by atoms with Crippen LogP contribution in [0, 0.1) is 13.8 Å². The number of carbonyl (C=O) groups is 2. The standard InChI is InChI=1S/C16H21N3O2/c1-5-19(9-15(20)17-4)16(21)12-6-7-14-13(8-12)10(2)11(3)18-14/h6-8,18H,5,9H2,1-4H3,(H,17,20). The average molecular weight is 287 g/mol. The number of carbonyl (C=O) groups excluding carboxylic acids is 2. The number of nitrogens with zero attached hydrogens (tertiary/aromatic N) is 1. The predicted molar refractivity (Wildman–Crippen MR) is 83.4 cm³/mol. The molecule has 0 fully saturated rings. The lowest BCUT2D eigenvalue weighted by Gasteiger charge is -2.20. The number of aromatic nitrogens is 1. The molecule has 5 heteroatoms. The molecule has 1 heterocycles. The molecule has 2 N–H and O–H groups in total. The SMILES string of the molecule is CCN(CC(=O)NC)C(=O)c1ccc2[nH]c(C)c(C)c2c1. The number of nitrogens with one attached hydrogen (secondary N) is 2. The summed E-state index contributed by atoms with van der Waals surface area (Å²) in [4.78, 5) is 28.8. The highest BCUT2D eigenvalue weighted by Crippen LogP contribution is 2.23. The Morgan fingerprint density at radius 2 is 2.00 bits per heavy atom. The fourth-order valence-corrected chi connectivity index (χ4v) is 2.36. The normalized spacial score (nSPS) is 10.7. The van der Waals surface area contributed by atoms with E-state index in [1.165, 1.54) is 4.90 Å². The number of fused-ring (bicyclic) bond motifs is 1. The van der Waals surface area contributed by atoms with Gasteiger partial charge in [0.15, 0.2) is 0 Å². The molecule has 112 valence electrons. The minimum absolute atomic E-state index is 0.0784. The number of hydrogen-bond acceptors (Lipinski definition) is 2. The summed E-state index contributed by atoms with van der Waals surface area (Å²) in [5.74, 6) is -0.291. The van der Waals surface area contributed by atoms with E-state index in [1.807, 2.05) is 32.9 Å². The van der Waals surface area contributed by atoms with Crippen LogP contribution in [0.2, 0.25) is 0 Å². The third-order valence-electron chi connectivity index (χ3n) is 3.84. The molecule has 0 saturated heterocycles. The molecule has 0 unspecified atom stereocenters. The van der Waals surface area contributed by atoms with Crippen LogP contribution in [-0.2, 0) is 4.79 Å². The minimum Gasteiger partial charge on any atom is -0.358 e. The molecule has 5 nitrogen and oxygen atoms in total. The summed E-state index contributed by atoms with van der Waals surface area (Å²) < 4.78 is 0. The highest BCUT2D eigenvalue weighted by Gasteiger charge is 2.17. The van der Waals surface area contributed by atoms with Crippen molar-refractivity contribution < 1.29 is 9.59 Å². The van der Waals surface area contributed by atoms with E-state index in [4.69, 9.17) is 0 Å². The molecule has 0 aliphatic carbocycles. The molecule has 2 rings (SSSR count). The average Bonchev–Trinajstić information content (AvgIpc) is 2.78. The first-order valence-electron chi connectivity index (χ1n) is 7.06. The van der Waals surface area contributed by atoms with E-state index in [0.717, 1.165) is 22.2 Å². The molecule has 0 bridgehead atoms. The van der Waals surface area contributed by atoms with Gasteiger partial charge in [0.1, 0.15) is 0 Å². The van der Waals surface area contributed by atoms with Gasteiger partial charge in [0, 0.05) is 35.8 Å². The van der Waals surface area contributed by atoms with E-state index >= 15 is 0 Å². The van der Waals surface area contributed by atoms with Gasteiger partial charge in [-0.3, -0.25) is 9.59 Å². The second-order valence-corrected chi connectivity index (χ2v) is 5.13. The number of rotatable bonds is 4. The lowest BCUT2D eigenvalue weighted by Crippen LogP contribution is -2.39. The van der Waals surface area contributed by atoms with E-state index < -0.39 is 0 Å². The van der Waals surface area contributed by atoms with Crippen molar-refractivity contribution in [2.75, 3.05) is 20.1 Å². The highest BCUT2D eigenvalue weighted by molar-refractivity contribution is 6.00. The lowest BCUT2D eigenvalue weighted by atomic mass is 10.1. The molecule has 1 aromatic carbocycles. The molecule has 0 spiro atoms. The largest absolute Gasteiger partial charge is 0.358 e. The lowest BCUT2D eigenvalue weighted by molar-refractivity contribution is -0.121. The molecule has 0 aliphatic rings. The Kier molecular flexibility index (Phi) is 4.31. The Morgan fingerprint density at radius 1 is 1.29 bits per heavy atom. The van der Waals surface area contributed by atoms with Crippen LogP contribution >= 0.6 is 0 Å². The fourth-order valence-electron chi connectivity index (χ4n) is 2.36. The Balaban J connectivity index is 2.33. The summed E-state index contributed by atoms with van der Waals surface area (Å²) in [6.07, 6.45) is 0. The third-order valence-corrected chi connectivity index (χ3v) is 3.84. The highest BCUT2D eigenvalue weighted by atomic mass is 16.2. The van der Waals surface area contributed by atoms with Gasteiger partial charge in [0.25, 0.3) is 5.91 Å².